The fraction of sp³-hybridized carbons (Fsp3) is 0.538. The zero-order valence-electron chi connectivity index (χ0n) is 11.2. The monoisotopic (exact) mass is 375 g/mol. The summed E-state index contributed by atoms with van der Waals surface area (Å²) in [6, 6.07) is 5.97. The molecule has 0 aliphatic carbocycles. The number of hydrogen-bond donors (Lipinski definition) is 0. The first-order valence-corrected chi connectivity index (χ1v) is 7.50. The number of nitro benzene ring substituents is 1. The molecule has 5 nitrogen and oxygen atoms in total. The minimum atomic E-state index is -0.285. The van der Waals surface area contributed by atoms with Gasteiger partial charge in [0.15, 0.2) is 0 Å². The Bertz CT molecular complexity index is 471. The van der Waals surface area contributed by atoms with Gasteiger partial charge in [0.1, 0.15) is 5.69 Å². The molecule has 1 aromatic rings. The molecule has 1 aliphatic rings. The van der Waals surface area contributed by atoms with Crippen LogP contribution in [-0.4, -0.2) is 42.0 Å². The number of benzene rings is 1. The van der Waals surface area contributed by atoms with Crippen LogP contribution in [0.5, 0.6) is 0 Å². The Kier molecular flexibility index (Phi) is 4.62. The number of rotatable bonds is 3. The maximum absolute atomic E-state index is 11.2. The molecule has 0 atom stereocenters. The smallest absolute Gasteiger partial charge is 0.293 e. The second-order valence-corrected chi connectivity index (χ2v) is 6.25. The summed E-state index contributed by atoms with van der Waals surface area (Å²) in [6.07, 6.45) is 0. The third-order valence-electron chi connectivity index (χ3n) is 3.52. The van der Waals surface area contributed by atoms with Crippen LogP contribution in [0.3, 0.4) is 0 Å². The molecule has 0 aromatic heterocycles. The lowest BCUT2D eigenvalue weighted by Crippen LogP contribution is -2.49. The molecule has 1 aromatic carbocycles. The molecule has 0 bridgehead atoms. The van der Waals surface area contributed by atoms with Crippen molar-refractivity contribution in [3.8, 4) is 0 Å². The van der Waals surface area contributed by atoms with Gasteiger partial charge in [-0.05, 0) is 48.6 Å². The minimum absolute atomic E-state index is 0.213. The first-order chi connectivity index (χ1) is 8.99. The Balaban J connectivity index is 2.17. The summed E-state index contributed by atoms with van der Waals surface area (Å²) in [5, 5.41) is 11.2. The van der Waals surface area contributed by atoms with Crippen LogP contribution >= 0.6 is 22.6 Å². The molecule has 0 N–H and O–H groups in total. The van der Waals surface area contributed by atoms with Gasteiger partial charge >= 0.3 is 0 Å². The molecular weight excluding hydrogens is 357 g/mol. The van der Waals surface area contributed by atoms with Crippen LogP contribution in [0.1, 0.15) is 13.8 Å². The third-order valence-corrected chi connectivity index (χ3v) is 4.19. The molecule has 6 heteroatoms. The number of nitro groups is 1. The van der Waals surface area contributed by atoms with Gasteiger partial charge in [-0.15, -0.1) is 0 Å². The molecular formula is C13H18IN3O2. The van der Waals surface area contributed by atoms with Crippen LogP contribution in [0.25, 0.3) is 0 Å². The van der Waals surface area contributed by atoms with E-state index in [0.29, 0.717) is 6.04 Å². The largest absolute Gasteiger partial charge is 0.363 e. The molecule has 1 heterocycles. The van der Waals surface area contributed by atoms with Gasteiger partial charge < -0.3 is 4.90 Å². The highest BCUT2D eigenvalue weighted by Crippen LogP contribution is 2.30. The fourth-order valence-corrected chi connectivity index (χ4v) is 2.86. The number of anilines is 1. The van der Waals surface area contributed by atoms with Crippen LogP contribution < -0.4 is 4.90 Å². The van der Waals surface area contributed by atoms with Gasteiger partial charge in [0.05, 0.1) is 4.92 Å². The number of hydrogen-bond acceptors (Lipinski definition) is 4. The van der Waals surface area contributed by atoms with Crippen LogP contribution in [0, 0.1) is 13.7 Å². The first kappa shape index (κ1) is 14.5. The van der Waals surface area contributed by atoms with E-state index in [1.165, 1.54) is 0 Å². The molecule has 1 aliphatic heterocycles. The van der Waals surface area contributed by atoms with E-state index in [2.05, 4.69) is 46.2 Å². The molecule has 0 saturated carbocycles. The van der Waals surface area contributed by atoms with Crippen molar-refractivity contribution in [1.29, 1.82) is 0 Å². The number of piperazine rings is 1. The van der Waals surface area contributed by atoms with Crippen molar-refractivity contribution < 1.29 is 4.92 Å². The predicted octanol–water partition coefficient (Wildman–Crippen LogP) is 2.73. The standard InChI is InChI=1S/C13H18IN3O2/c1-10(2)15-5-7-16(8-6-15)12-4-3-11(14)9-13(12)17(18)19/h3-4,9-10H,5-8H2,1-2H3. The highest BCUT2D eigenvalue weighted by Gasteiger charge is 2.24. The summed E-state index contributed by atoms with van der Waals surface area (Å²) in [7, 11) is 0. The van der Waals surface area contributed by atoms with Gasteiger partial charge in [-0.1, -0.05) is 0 Å². The molecule has 0 spiro atoms. The molecule has 1 saturated heterocycles. The average molecular weight is 375 g/mol. The Morgan fingerprint density at radius 1 is 1.26 bits per heavy atom. The lowest BCUT2D eigenvalue weighted by Gasteiger charge is -2.37. The third kappa shape index (κ3) is 3.36. The summed E-state index contributed by atoms with van der Waals surface area (Å²) in [6.45, 7) is 7.98. The lowest BCUT2D eigenvalue weighted by molar-refractivity contribution is -0.384. The van der Waals surface area contributed by atoms with Gasteiger partial charge in [-0.3, -0.25) is 15.0 Å². The quantitative estimate of drug-likeness (QED) is 0.463. The Morgan fingerprint density at radius 2 is 1.89 bits per heavy atom. The molecule has 0 radical (unpaired) electrons. The molecule has 0 amide bonds. The highest BCUT2D eigenvalue weighted by atomic mass is 127. The van der Waals surface area contributed by atoms with E-state index in [9.17, 15) is 10.1 Å². The maximum Gasteiger partial charge on any atom is 0.293 e. The molecule has 1 fully saturated rings. The summed E-state index contributed by atoms with van der Waals surface area (Å²) < 4.78 is 0.897. The molecule has 2 rings (SSSR count). The Labute approximate surface area is 126 Å². The van der Waals surface area contributed by atoms with Crippen molar-refractivity contribution in [1.82, 2.24) is 4.90 Å². The Hall–Kier alpha value is -0.890. The fourth-order valence-electron chi connectivity index (χ4n) is 2.39. The van der Waals surface area contributed by atoms with E-state index >= 15 is 0 Å². The molecule has 0 unspecified atom stereocenters. The van der Waals surface area contributed by atoms with Crippen molar-refractivity contribution >= 4 is 34.0 Å². The lowest BCUT2D eigenvalue weighted by atomic mass is 10.2. The number of nitrogens with zero attached hydrogens (tertiary/aromatic N) is 3. The van der Waals surface area contributed by atoms with Crippen molar-refractivity contribution in [2.75, 3.05) is 31.1 Å². The normalized spacial score (nSPS) is 16.9. The van der Waals surface area contributed by atoms with Crippen LogP contribution in [0.4, 0.5) is 11.4 Å². The topological polar surface area (TPSA) is 49.6 Å². The van der Waals surface area contributed by atoms with Crippen LogP contribution in [0.2, 0.25) is 0 Å². The first-order valence-electron chi connectivity index (χ1n) is 6.42. The van der Waals surface area contributed by atoms with E-state index in [0.717, 1.165) is 35.4 Å². The summed E-state index contributed by atoms with van der Waals surface area (Å²) in [5.74, 6) is 0. The van der Waals surface area contributed by atoms with Gasteiger partial charge in [0.25, 0.3) is 5.69 Å². The summed E-state index contributed by atoms with van der Waals surface area (Å²) in [5.41, 5.74) is 0.957. The maximum atomic E-state index is 11.2. The van der Waals surface area contributed by atoms with E-state index in [1.54, 1.807) is 6.07 Å². The summed E-state index contributed by atoms with van der Waals surface area (Å²) in [4.78, 5) is 15.4. The number of halogens is 1. The zero-order chi connectivity index (χ0) is 14.0. The second-order valence-electron chi connectivity index (χ2n) is 5.01. The van der Waals surface area contributed by atoms with E-state index in [-0.39, 0.29) is 10.6 Å². The minimum Gasteiger partial charge on any atom is -0.363 e. The highest BCUT2D eigenvalue weighted by molar-refractivity contribution is 14.1. The predicted molar refractivity (Wildman–Crippen MR) is 84.7 cm³/mol. The zero-order valence-corrected chi connectivity index (χ0v) is 13.3. The van der Waals surface area contributed by atoms with Gasteiger partial charge in [0, 0.05) is 41.9 Å². The SMILES string of the molecule is CC(C)N1CCN(c2ccc(I)cc2[N+](=O)[O-])CC1. The second kappa shape index (κ2) is 6.04. The van der Waals surface area contributed by atoms with Crippen molar-refractivity contribution in [2.45, 2.75) is 19.9 Å². The van der Waals surface area contributed by atoms with Crippen LogP contribution in [0.15, 0.2) is 18.2 Å². The van der Waals surface area contributed by atoms with E-state index in [1.807, 2.05) is 12.1 Å². The van der Waals surface area contributed by atoms with Crippen molar-refractivity contribution in [2.24, 2.45) is 0 Å². The average Bonchev–Trinajstić information content (AvgIpc) is 2.38. The van der Waals surface area contributed by atoms with Gasteiger partial charge in [-0.25, -0.2) is 0 Å². The Morgan fingerprint density at radius 3 is 2.42 bits per heavy atom. The summed E-state index contributed by atoms with van der Waals surface area (Å²) >= 11 is 2.11. The van der Waals surface area contributed by atoms with Gasteiger partial charge in [0.2, 0.25) is 0 Å². The van der Waals surface area contributed by atoms with E-state index < -0.39 is 0 Å². The molecule has 104 valence electrons. The van der Waals surface area contributed by atoms with Crippen LogP contribution in [-0.2, 0) is 0 Å². The molecule has 19 heavy (non-hydrogen) atoms. The van der Waals surface area contributed by atoms with Crippen molar-refractivity contribution in [3.63, 3.8) is 0 Å². The van der Waals surface area contributed by atoms with Crippen molar-refractivity contribution in [3.05, 3.63) is 31.9 Å². The van der Waals surface area contributed by atoms with Gasteiger partial charge in [-0.2, -0.15) is 0 Å². The van der Waals surface area contributed by atoms with E-state index in [4.69, 9.17) is 0 Å².